The molecular weight excluding hydrogens is 333 g/mol. The van der Waals surface area contributed by atoms with Crippen molar-refractivity contribution >= 4 is 22.6 Å². The molecule has 7 heteroatoms. The zero-order valence-electron chi connectivity index (χ0n) is 12.3. The summed E-state index contributed by atoms with van der Waals surface area (Å²) in [5.74, 6) is 0.495. The molecule has 22 heavy (non-hydrogen) atoms. The maximum atomic E-state index is 12.6. The van der Waals surface area contributed by atoms with Gasteiger partial charge in [0.2, 0.25) is 0 Å². The van der Waals surface area contributed by atoms with Crippen molar-refractivity contribution in [1.29, 1.82) is 0 Å². The predicted molar refractivity (Wildman–Crippen MR) is 83.6 cm³/mol. The molecule has 0 saturated heterocycles. The van der Waals surface area contributed by atoms with Crippen molar-refractivity contribution in [2.24, 2.45) is 0 Å². The number of hydrogen-bond donors (Lipinski definition) is 0. The first-order chi connectivity index (χ1) is 10.4. The van der Waals surface area contributed by atoms with Gasteiger partial charge in [0.15, 0.2) is 0 Å². The second kappa shape index (κ2) is 7.73. The molecular formula is C15H19F3O2S2. The zero-order valence-corrected chi connectivity index (χ0v) is 14.0. The van der Waals surface area contributed by atoms with Crippen LogP contribution in [0.1, 0.15) is 37.7 Å². The number of hydrogen-bond acceptors (Lipinski definition) is 3. The van der Waals surface area contributed by atoms with Gasteiger partial charge < -0.3 is 4.74 Å². The van der Waals surface area contributed by atoms with Gasteiger partial charge in [-0.15, -0.1) is 0 Å². The van der Waals surface area contributed by atoms with Gasteiger partial charge in [0.05, 0.1) is 12.0 Å². The minimum absolute atomic E-state index is 0.0214. The van der Waals surface area contributed by atoms with Crippen LogP contribution in [0.25, 0.3) is 0 Å². The number of benzene rings is 1. The molecule has 0 aromatic heterocycles. The zero-order chi connectivity index (χ0) is 16.2. The molecule has 0 unspecified atom stereocenters. The summed E-state index contributed by atoms with van der Waals surface area (Å²) in [4.78, 5) is 0.0214. The fraction of sp³-hybridized carbons (Fsp3) is 0.600. The van der Waals surface area contributed by atoms with E-state index >= 15 is 0 Å². The van der Waals surface area contributed by atoms with E-state index in [1.807, 2.05) is 0 Å². The van der Waals surface area contributed by atoms with Crippen LogP contribution in [0.15, 0.2) is 23.1 Å². The standard InChI is InChI=1S/C15H19F3O2S2/c1-20-13-8-7-11(9-14(13)21-15(16,17)18)10-22(19)12-5-3-2-4-6-12/h7-9,12H,2-6,10H2,1H3/t22-/m1/s1. The van der Waals surface area contributed by atoms with Crippen LogP contribution in [-0.2, 0) is 16.6 Å². The van der Waals surface area contributed by atoms with Crippen LogP contribution >= 0.6 is 11.8 Å². The van der Waals surface area contributed by atoms with E-state index in [0.29, 0.717) is 11.3 Å². The summed E-state index contributed by atoms with van der Waals surface area (Å²) in [6, 6.07) is 4.65. The van der Waals surface area contributed by atoms with Gasteiger partial charge in [0.25, 0.3) is 0 Å². The van der Waals surface area contributed by atoms with E-state index in [9.17, 15) is 17.4 Å². The molecule has 0 spiro atoms. The molecule has 2 nitrogen and oxygen atoms in total. The third kappa shape index (κ3) is 5.19. The molecule has 1 fully saturated rings. The van der Waals surface area contributed by atoms with Gasteiger partial charge in [-0.2, -0.15) is 13.2 Å². The molecule has 1 aromatic carbocycles. The Morgan fingerprint density at radius 1 is 1.27 bits per heavy atom. The fourth-order valence-corrected chi connectivity index (χ4v) is 4.94. The average Bonchev–Trinajstić information content (AvgIpc) is 2.47. The lowest BCUT2D eigenvalue weighted by Gasteiger charge is -2.21. The van der Waals surface area contributed by atoms with E-state index in [-0.39, 0.29) is 27.7 Å². The van der Waals surface area contributed by atoms with Gasteiger partial charge in [0.1, 0.15) is 5.75 Å². The molecule has 0 bridgehead atoms. The summed E-state index contributed by atoms with van der Waals surface area (Å²) >= 11 is -0.195. The first-order valence-corrected chi connectivity index (χ1v) is 9.39. The second-order valence-electron chi connectivity index (χ2n) is 5.32. The van der Waals surface area contributed by atoms with Gasteiger partial charge in [-0.1, -0.05) is 25.3 Å². The van der Waals surface area contributed by atoms with E-state index in [2.05, 4.69) is 0 Å². The Hall–Kier alpha value is -0.690. The monoisotopic (exact) mass is 352 g/mol. The number of alkyl halides is 3. The lowest BCUT2D eigenvalue weighted by atomic mass is 10.0. The number of thioether (sulfide) groups is 1. The van der Waals surface area contributed by atoms with E-state index < -0.39 is 16.3 Å². The van der Waals surface area contributed by atoms with Gasteiger partial charge in [-0.05, 0) is 42.3 Å². The highest BCUT2D eigenvalue weighted by molar-refractivity contribution is 8.00. The van der Waals surface area contributed by atoms with Crippen LogP contribution < -0.4 is 4.74 Å². The van der Waals surface area contributed by atoms with Crippen molar-refractivity contribution in [2.45, 2.75) is 53.5 Å². The summed E-state index contributed by atoms with van der Waals surface area (Å²) in [5, 5.41) is 0.176. The Kier molecular flexibility index (Phi) is 6.20. The third-order valence-corrected chi connectivity index (χ3v) is 6.29. The maximum absolute atomic E-state index is 12.6. The van der Waals surface area contributed by atoms with Crippen LogP contribution in [0.4, 0.5) is 13.2 Å². The number of rotatable bonds is 5. The van der Waals surface area contributed by atoms with Gasteiger partial charge in [0, 0.05) is 21.8 Å². The van der Waals surface area contributed by atoms with Crippen LogP contribution in [0, 0.1) is 0 Å². The van der Waals surface area contributed by atoms with Crippen LogP contribution in [0.5, 0.6) is 5.75 Å². The summed E-state index contributed by atoms with van der Waals surface area (Å²) in [6.45, 7) is 0. The Morgan fingerprint density at radius 3 is 2.55 bits per heavy atom. The first kappa shape index (κ1) is 17.7. The van der Waals surface area contributed by atoms with Crippen LogP contribution in [0.3, 0.4) is 0 Å². The third-order valence-electron chi connectivity index (χ3n) is 3.69. The molecule has 0 radical (unpaired) electrons. The lowest BCUT2D eigenvalue weighted by molar-refractivity contribution is -0.0328. The van der Waals surface area contributed by atoms with Crippen molar-refractivity contribution in [1.82, 2.24) is 0 Å². The maximum Gasteiger partial charge on any atom is 0.446 e. The molecule has 1 aliphatic carbocycles. The smallest absolute Gasteiger partial charge is 0.446 e. The number of methoxy groups -OCH3 is 1. The topological polar surface area (TPSA) is 26.3 Å². The SMILES string of the molecule is COc1ccc(C[S@@](=O)C2CCCCC2)cc1SC(F)(F)F. The second-order valence-corrected chi connectivity index (χ2v) is 8.14. The Morgan fingerprint density at radius 2 is 1.95 bits per heavy atom. The highest BCUT2D eigenvalue weighted by Gasteiger charge is 2.31. The Labute approximate surface area is 135 Å². The summed E-state index contributed by atoms with van der Waals surface area (Å²) < 4.78 is 55.1. The van der Waals surface area contributed by atoms with E-state index in [0.717, 1.165) is 25.7 Å². The quantitative estimate of drug-likeness (QED) is 0.706. The van der Waals surface area contributed by atoms with Crippen LogP contribution in [-0.4, -0.2) is 22.1 Å². The van der Waals surface area contributed by atoms with E-state index in [1.165, 1.54) is 25.7 Å². The largest absolute Gasteiger partial charge is 0.496 e. The van der Waals surface area contributed by atoms with E-state index in [1.54, 1.807) is 6.07 Å². The van der Waals surface area contributed by atoms with Gasteiger partial charge in [-0.25, -0.2) is 0 Å². The molecule has 2 rings (SSSR count). The van der Waals surface area contributed by atoms with E-state index in [4.69, 9.17) is 4.74 Å². The normalized spacial score (nSPS) is 18.2. The van der Waals surface area contributed by atoms with Crippen molar-refractivity contribution in [3.05, 3.63) is 23.8 Å². The predicted octanol–water partition coefficient (Wildman–Crippen LogP) is 4.89. The minimum Gasteiger partial charge on any atom is -0.496 e. The van der Waals surface area contributed by atoms with Crippen molar-refractivity contribution in [3.63, 3.8) is 0 Å². The van der Waals surface area contributed by atoms with Gasteiger partial charge >= 0.3 is 5.51 Å². The molecule has 1 aromatic rings. The van der Waals surface area contributed by atoms with Crippen molar-refractivity contribution < 1.29 is 22.1 Å². The summed E-state index contributed by atoms with van der Waals surface area (Å²) in [6.07, 6.45) is 5.27. The van der Waals surface area contributed by atoms with Crippen molar-refractivity contribution in [2.75, 3.05) is 7.11 Å². The van der Waals surface area contributed by atoms with Crippen molar-refractivity contribution in [3.8, 4) is 5.75 Å². The fourth-order valence-electron chi connectivity index (χ4n) is 2.63. The summed E-state index contributed by atoms with van der Waals surface area (Å²) in [7, 11) is 0.314. The Bertz CT molecular complexity index is 526. The molecule has 124 valence electrons. The molecule has 0 aliphatic heterocycles. The number of halogens is 3. The molecule has 1 saturated carbocycles. The molecule has 0 amide bonds. The number of ether oxygens (including phenoxy) is 1. The summed E-state index contributed by atoms with van der Waals surface area (Å²) in [5.41, 5.74) is -3.70. The highest BCUT2D eigenvalue weighted by atomic mass is 32.2. The Balaban J connectivity index is 2.10. The van der Waals surface area contributed by atoms with Gasteiger partial charge in [-0.3, -0.25) is 4.21 Å². The minimum atomic E-state index is -4.37. The first-order valence-electron chi connectivity index (χ1n) is 7.19. The molecule has 0 N–H and O–H groups in total. The lowest BCUT2D eigenvalue weighted by Crippen LogP contribution is -2.19. The highest BCUT2D eigenvalue weighted by Crippen LogP contribution is 2.42. The molecule has 1 atom stereocenters. The molecule has 0 heterocycles. The molecule has 1 aliphatic rings. The van der Waals surface area contributed by atoms with Crippen LogP contribution in [0.2, 0.25) is 0 Å². The average molecular weight is 352 g/mol.